The van der Waals surface area contributed by atoms with Crippen LogP contribution in [0.2, 0.25) is 0 Å². The molecule has 1 aromatic carbocycles. The van der Waals surface area contributed by atoms with Gasteiger partial charge in [0, 0.05) is 31.2 Å². The van der Waals surface area contributed by atoms with Gasteiger partial charge in [0.1, 0.15) is 5.01 Å². The highest BCUT2D eigenvalue weighted by Crippen LogP contribution is 2.59. The maximum Gasteiger partial charge on any atom is 0.416 e. The molecule has 1 N–H and O–H groups in total. The number of aryl methyl sites for hydroxylation is 2. The van der Waals surface area contributed by atoms with Crippen LogP contribution >= 0.6 is 11.3 Å². The third-order valence-electron chi connectivity index (χ3n) is 6.64. The summed E-state index contributed by atoms with van der Waals surface area (Å²) in [6.45, 7) is 4.70. The molecule has 0 spiro atoms. The molecule has 2 fully saturated rings. The van der Waals surface area contributed by atoms with E-state index in [4.69, 9.17) is 0 Å². The minimum Gasteiger partial charge on any atom is -0.302 e. The molecule has 33 heavy (non-hydrogen) atoms. The molecule has 2 aliphatic rings. The molecule has 1 saturated heterocycles. The smallest absolute Gasteiger partial charge is 0.302 e. The first-order valence-corrected chi connectivity index (χ1v) is 11.5. The van der Waals surface area contributed by atoms with Crippen molar-refractivity contribution < 1.29 is 13.2 Å². The normalized spacial score (nSPS) is 22.5. The average Bonchev–Trinajstić information content (AvgIpc) is 3.09. The summed E-state index contributed by atoms with van der Waals surface area (Å²) >= 11 is 1.29. The summed E-state index contributed by atoms with van der Waals surface area (Å²) in [7, 11) is 0. The Morgan fingerprint density at radius 1 is 1.18 bits per heavy atom. The molecule has 0 unspecified atom stereocenters. The van der Waals surface area contributed by atoms with E-state index in [-0.39, 0.29) is 5.41 Å². The molecular weight excluding hydrogens is 455 g/mol. The summed E-state index contributed by atoms with van der Waals surface area (Å²) in [4.78, 5) is 29.1. The van der Waals surface area contributed by atoms with Gasteiger partial charge in [-0.2, -0.15) is 13.2 Å². The second-order valence-electron chi connectivity index (χ2n) is 8.84. The van der Waals surface area contributed by atoms with Crippen LogP contribution in [0, 0.1) is 12.8 Å². The lowest BCUT2D eigenvalue weighted by Crippen LogP contribution is -2.32. The van der Waals surface area contributed by atoms with Gasteiger partial charge in [0.15, 0.2) is 5.01 Å². The number of aromatic amines is 1. The Morgan fingerprint density at radius 3 is 2.61 bits per heavy atom. The fourth-order valence-electron chi connectivity index (χ4n) is 4.89. The Kier molecular flexibility index (Phi) is 5.28. The van der Waals surface area contributed by atoms with Crippen molar-refractivity contribution >= 4 is 11.3 Å². The zero-order valence-corrected chi connectivity index (χ0v) is 18.7. The molecule has 0 amide bonds. The van der Waals surface area contributed by atoms with Crippen LogP contribution in [0.1, 0.15) is 29.0 Å². The Bertz CT molecular complexity index is 1300. The second kappa shape index (κ2) is 7.91. The van der Waals surface area contributed by atoms with Gasteiger partial charge in [0.2, 0.25) is 0 Å². The lowest BCUT2D eigenvalue weighted by atomic mass is 9.94. The molecule has 1 aliphatic heterocycles. The van der Waals surface area contributed by atoms with Gasteiger partial charge in [0.25, 0.3) is 5.56 Å². The molecule has 1 aliphatic carbocycles. The van der Waals surface area contributed by atoms with Gasteiger partial charge >= 0.3 is 11.9 Å². The lowest BCUT2D eigenvalue weighted by molar-refractivity contribution is -0.137. The molecule has 11 heteroatoms. The number of nitrogens with one attached hydrogen (secondary N) is 1. The maximum atomic E-state index is 12.9. The number of piperidine rings is 1. The van der Waals surface area contributed by atoms with Gasteiger partial charge in [-0.05, 0) is 49.9 Å². The molecule has 2 atom stereocenters. The second-order valence-corrected chi connectivity index (χ2v) is 10.0. The average molecular weight is 478 g/mol. The van der Waals surface area contributed by atoms with Crippen molar-refractivity contribution in [3.63, 3.8) is 0 Å². The Balaban J connectivity index is 1.22. The molecule has 0 bridgehead atoms. The van der Waals surface area contributed by atoms with E-state index < -0.39 is 23.0 Å². The summed E-state index contributed by atoms with van der Waals surface area (Å²) in [5.41, 5.74) is -0.326. The highest BCUT2D eigenvalue weighted by molar-refractivity contribution is 7.14. The molecule has 3 aromatic rings. The minimum atomic E-state index is -4.32. The van der Waals surface area contributed by atoms with Crippen LogP contribution in [0.4, 0.5) is 13.2 Å². The van der Waals surface area contributed by atoms with Crippen molar-refractivity contribution in [2.45, 2.75) is 37.9 Å². The van der Waals surface area contributed by atoms with Gasteiger partial charge < -0.3 is 4.90 Å². The van der Waals surface area contributed by atoms with Crippen molar-refractivity contribution in [2.24, 2.45) is 5.92 Å². The van der Waals surface area contributed by atoms with E-state index >= 15 is 0 Å². The third-order valence-corrected chi connectivity index (χ3v) is 7.52. The molecule has 2 aromatic heterocycles. The highest BCUT2D eigenvalue weighted by atomic mass is 32.1. The number of H-pyrrole nitrogens is 1. The van der Waals surface area contributed by atoms with E-state index in [1.165, 1.54) is 34.2 Å². The number of alkyl halides is 3. The van der Waals surface area contributed by atoms with E-state index in [1.807, 2.05) is 0 Å². The first kappa shape index (κ1) is 22.0. The predicted molar refractivity (Wildman–Crippen MR) is 117 cm³/mol. The fraction of sp³-hybridized carbons (Fsp3) is 0.455. The Hall–Kier alpha value is -2.79. The number of nitrogens with zero attached hydrogens (tertiary/aromatic N) is 4. The van der Waals surface area contributed by atoms with Crippen LogP contribution in [0.3, 0.4) is 0 Å². The number of rotatable bonds is 6. The van der Waals surface area contributed by atoms with Gasteiger partial charge in [-0.1, -0.05) is 23.5 Å². The maximum absolute atomic E-state index is 12.9. The van der Waals surface area contributed by atoms with Gasteiger partial charge in [-0.3, -0.25) is 14.3 Å². The van der Waals surface area contributed by atoms with Crippen LogP contribution in [0.5, 0.6) is 0 Å². The van der Waals surface area contributed by atoms with Crippen molar-refractivity contribution in [3.05, 3.63) is 67.4 Å². The largest absolute Gasteiger partial charge is 0.416 e. The molecule has 5 rings (SSSR count). The monoisotopic (exact) mass is 477 g/mol. The topological polar surface area (TPSA) is 83.9 Å². The van der Waals surface area contributed by atoms with Gasteiger partial charge in [0.05, 0.1) is 11.1 Å². The zero-order valence-electron chi connectivity index (χ0n) is 17.9. The van der Waals surface area contributed by atoms with Crippen molar-refractivity contribution in [2.75, 3.05) is 19.6 Å². The predicted octanol–water partition coefficient (Wildman–Crippen LogP) is 3.05. The number of fused-ring (bicyclic) bond motifs is 1. The van der Waals surface area contributed by atoms with Crippen LogP contribution in [-0.4, -0.2) is 44.3 Å². The molecule has 1 saturated carbocycles. The number of hydrogen-bond donors (Lipinski definition) is 1. The molecular formula is C22H22F3N5O2S. The quantitative estimate of drug-likeness (QED) is 0.590. The van der Waals surface area contributed by atoms with Crippen molar-refractivity contribution in [1.29, 1.82) is 0 Å². The van der Waals surface area contributed by atoms with Crippen LogP contribution in [-0.2, 0) is 18.1 Å². The number of halogens is 3. The number of hydrogen-bond acceptors (Lipinski definition) is 6. The molecule has 3 heterocycles. The molecule has 7 nitrogen and oxygen atoms in total. The van der Waals surface area contributed by atoms with Crippen LogP contribution in [0.25, 0.3) is 10.6 Å². The lowest BCUT2D eigenvalue weighted by Gasteiger charge is -2.21. The van der Waals surface area contributed by atoms with E-state index in [9.17, 15) is 22.8 Å². The highest BCUT2D eigenvalue weighted by Gasteiger charge is 2.60. The van der Waals surface area contributed by atoms with Crippen molar-refractivity contribution in [1.82, 2.24) is 24.6 Å². The number of aromatic nitrogens is 4. The summed E-state index contributed by atoms with van der Waals surface area (Å²) in [6, 6.07) is 5.56. The molecule has 174 valence electrons. The summed E-state index contributed by atoms with van der Waals surface area (Å²) in [6.07, 6.45) is -1.09. The van der Waals surface area contributed by atoms with Gasteiger partial charge in [-0.25, -0.2) is 4.79 Å². The number of benzene rings is 1. The van der Waals surface area contributed by atoms with E-state index in [2.05, 4.69) is 20.1 Å². The van der Waals surface area contributed by atoms with Crippen molar-refractivity contribution in [3.8, 4) is 10.6 Å². The fourth-order valence-corrected chi connectivity index (χ4v) is 5.59. The number of likely N-dealkylation sites (tertiary alicyclic amines) is 1. The summed E-state index contributed by atoms with van der Waals surface area (Å²) < 4.78 is 40.1. The van der Waals surface area contributed by atoms with E-state index in [1.54, 1.807) is 19.1 Å². The first-order chi connectivity index (χ1) is 15.7. The Morgan fingerprint density at radius 2 is 1.94 bits per heavy atom. The first-order valence-electron chi connectivity index (χ1n) is 10.7. The minimum absolute atomic E-state index is 0.0538. The van der Waals surface area contributed by atoms with E-state index in [0.717, 1.165) is 36.6 Å². The SMILES string of the molecule is Cc1nnc(-c2cn(CCCN3C[C@@H]4C[C@]4(c4ccc(C(F)(F)F)cc4)C3)c(=O)[nH]c2=O)s1. The zero-order chi connectivity index (χ0) is 23.4. The third kappa shape index (κ3) is 4.15. The van der Waals surface area contributed by atoms with Gasteiger partial charge in [-0.15, -0.1) is 10.2 Å². The summed E-state index contributed by atoms with van der Waals surface area (Å²) in [5.74, 6) is 0.456. The standard InChI is InChI=1S/C22H22F3N5O2S/c1-13-27-28-19(33-13)17-11-30(20(32)26-18(17)31)8-2-7-29-10-16-9-21(16,12-29)14-3-5-15(6-4-14)22(23,24)25/h3-6,11,16H,2,7-10,12H2,1H3,(H,26,31,32)/t16-,21+/m0/s1. The molecule has 0 radical (unpaired) electrons. The van der Waals surface area contributed by atoms with E-state index in [0.29, 0.717) is 29.5 Å². The summed E-state index contributed by atoms with van der Waals surface area (Å²) in [5, 5.41) is 9.12. The van der Waals surface area contributed by atoms with Crippen LogP contribution < -0.4 is 11.2 Å². The Labute approximate surface area is 190 Å². The van der Waals surface area contributed by atoms with Crippen LogP contribution in [0.15, 0.2) is 40.1 Å².